The molecular weight excluding hydrogens is 511 g/mol. The van der Waals surface area contributed by atoms with E-state index in [9.17, 15) is 10.1 Å². The average molecular weight is 534 g/mol. The standard InChI is InChI=1S/C22H22N4O4.HI/c27-26(28)17-9-7-16(8-10-17)14-23-22(24-15-18-4-3-12-29-18)25-20-11-13-30-21-6-2-1-5-19(20)21;/h1-10,12,20H,11,13-15H2,(H2,23,24,25);1H. The number of nitro groups is 1. The van der Waals surface area contributed by atoms with Crippen molar-refractivity contribution < 1.29 is 14.1 Å². The zero-order chi connectivity index (χ0) is 20.8. The molecule has 9 heteroatoms. The van der Waals surface area contributed by atoms with E-state index in [1.807, 2.05) is 36.4 Å². The lowest BCUT2D eigenvalue weighted by Crippen LogP contribution is -2.40. The molecule has 0 radical (unpaired) electrons. The number of furan rings is 1. The number of aliphatic imine (C=N–C) groups is 1. The number of hydrogen-bond donors (Lipinski definition) is 2. The minimum atomic E-state index is -0.409. The van der Waals surface area contributed by atoms with Gasteiger partial charge in [-0.25, -0.2) is 4.99 Å². The van der Waals surface area contributed by atoms with Crippen LogP contribution in [0.4, 0.5) is 5.69 Å². The summed E-state index contributed by atoms with van der Waals surface area (Å²) in [4.78, 5) is 15.1. The van der Waals surface area contributed by atoms with Gasteiger partial charge in [-0.1, -0.05) is 30.3 Å². The number of halogens is 1. The van der Waals surface area contributed by atoms with Crippen molar-refractivity contribution in [3.05, 3.63) is 93.9 Å². The lowest BCUT2D eigenvalue weighted by atomic mass is 10.0. The molecule has 3 aromatic rings. The number of para-hydroxylation sites is 1. The molecule has 2 heterocycles. The zero-order valence-corrected chi connectivity index (χ0v) is 19.0. The predicted octanol–water partition coefficient (Wildman–Crippen LogP) is 4.57. The Kier molecular flexibility index (Phi) is 7.88. The summed E-state index contributed by atoms with van der Waals surface area (Å²) >= 11 is 0. The Bertz CT molecular complexity index is 1020. The normalized spacial score (nSPS) is 15.2. The highest BCUT2D eigenvalue weighted by Crippen LogP contribution is 2.31. The van der Waals surface area contributed by atoms with Crippen LogP contribution in [0.2, 0.25) is 0 Å². The second kappa shape index (κ2) is 10.8. The molecule has 0 saturated carbocycles. The van der Waals surface area contributed by atoms with Gasteiger partial charge in [-0.3, -0.25) is 10.1 Å². The number of ether oxygens (including phenoxy) is 1. The third-order valence-electron chi connectivity index (χ3n) is 4.85. The second-order valence-electron chi connectivity index (χ2n) is 6.89. The van der Waals surface area contributed by atoms with Crippen LogP contribution >= 0.6 is 24.0 Å². The summed E-state index contributed by atoms with van der Waals surface area (Å²) < 4.78 is 11.1. The molecular formula is C22H23IN4O4. The van der Waals surface area contributed by atoms with E-state index in [1.54, 1.807) is 18.4 Å². The third kappa shape index (κ3) is 5.97. The van der Waals surface area contributed by atoms with Gasteiger partial charge in [0.15, 0.2) is 5.96 Å². The van der Waals surface area contributed by atoms with Gasteiger partial charge in [0.25, 0.3) is 5.69 Å². The van der Waals surface area contributed by atoms with Crippen LogP contribution in [0.3, 0.4) is 0 Å². The SMILES string of the molecule is I.O=[N+]([O-])c1ccc(CN=C(NCc2ccco2)NC2CCOc3ccccc32)cc1. The molecule has 31 heavy (non-hydrogen) atoms. The maximum absolute atomic E-state index is 10.8. The Morgan fingerprint density at radius 3 is 2.68 bits per heavy atom. The van der Waals surface area contributed by atoms with Gasteiger partial charge in [0.2, 0.25) is 0 Å². The van der Waals surface area contributed by atoms with Crippen LogP contribution < -0.4 is 15.4 Å². The Morgan fingerprint density at radius 1 is 1.13 bits per heavy atom. The minimum Gasteiger partial charge on any atom is -0.493 e. The molecule has 0 fully saturated rings. The molecule has 4 rings (SSSR count). The van der Waals surface area contributed by atoms with Crippen molar-refractivity contribution in [1.82, 2.24) is 10.6 Å². The number of guanidine groups is 1. The van der Waals surface area contributed by atoms with E-state index in [2.05, 4.69) is 15.6 Å². The number of nitro benzene ring substituents is 1. The predicted molar refractivity (Wildman–Crippen MR) is 128 cm³/mol. The van der Waals surface area contributed by atoms with Crippen LogP contribution in [0, 0.1) is 10.1 Å². The molecule has 1 aliphatic heterocycles. The van der Waals surface area contributed by atoms with Crippen LogP contribution in [0.5, 0.6) is 5.75 Å². The molecule has 1 aliphatic rings. The molecule has 8 nitrogen and oxygen atoms in total. The molecule has 0 aliphatic carbocycles. The maximum atomic E-state index is 10.8. The molecule has 0 amide bonds. The topological polar surface area (TPSA) is 102 Å². The number of fused-ring (bicyclic) bond motifs is 1. The van der Waals surface area contributed by atoms with Crippen molar-refractivity contribution in [2.75, 3.05) is 6.61 Å². The summed E-state index contributed by atoms with van der Waals surface area (Å²) in [6.07, 6.45) is 2.45. The first-order chi connectivity index (χ1) is 14.7. The summed E-state index contributed by atoms with van der Waals surface area (Å²) in [6, 6.07) is 18.2. The van der Waals surface area contributed by atoms with Crippen molar-refractivity contribution in [2.45, 2.75) is 25.6 Å². The van der Waals surface area contributed by atoms with Crippen molar-refractivity contribution in [3.63, 3.8) is 0 Å². The van der Waals surface area contributed by atoms with Crippen LogP contribution in [-0.4, -0.2) is 17.5 Å². The largest absolute Gasteiger partial charge is 0.493 e. The highest BCUT2D eigenvalue weighted by Gasteiger charge is 2.22. The van der Waals surface area contributed by atoms with E-state index < -0.39 is 4.92 Å². The minimum absolute atomic E-state index is 0. The number of hydrogen-bond acceptors (Lipinski definition) is 5. The summed E-state index contributed by atoms with van der Waals surface area (Å²) in [5.41, 5.74) is 2.04. The van der Waals surface area contributed by atoms with Gasteiger partial charge >= 0.3 is 0 Å². The monoisotopic (exact) mass is 534 g/mol. The summed E-state index contributed by atoms with van der Waals surface area (Å²) in [5.74, 6) is 2.31. The summed E-state index contributed by atoms with van der Waals surface area (Å²) in [6.45, 7) is 1.50. The first-order valence-electron chi connectivity index (χ1n) is 9.71. The molecule has 1 unspecified atom stereocenters. The van der Waals surface area contributed by atoms with Gasteiger partial charge in [0, 0.05) is 24.1 Å². The third-order valence-corrected chi connectivity index (χ3v) is 4.85. The molecule has 0 spiro atoms. The molecule has 2 N–H and O–H groups in total. The Hall–Kier alpha value is -3.08. The molecule has 162 valence electrons. The smallest absolute Gasteiger partial charge is 0.269 e. The fourth-order valence-electron chi connectivity index (χ4n) is 3.29. The molecule has 0 bridgehead atoms. The van der Waals surface area contributed by atoms with Crippen LogP contribution in [-0.2, 0) is 13.1 Å². The summed E-state index contributed by atoms with van der Waals surface area (Å²) in [5, 5.41) is 17.6. The number of rotatable bonds is 6. The first kappa shape index (κ1) is 22.6. The van der Waals surface area contributed by atoms with Crippen molar-refractivity contribution in [1.29, 1.82) is 0 Å². The van der Waals surface area contributed by atoms with Crippen LogP contribution in [0.15, 0.2) is 76.3 Å². The molecule has 1 atom stereocenters. The van der Waals surface area contributed by atoms with Gasteiger partial charge in [0.1, 0.15) is 11.5 Å². The second-order valence-corrected chi connectivity index (χ2v) is 6.89. The number of benzene rings is 2. The van der Waals surface area contributed by atoms with E-state index in [4.69, 9.17) is 9.15 Å². The average Bonchev–Trinajstić information content (AvgIpc) is 3.30. The first-order valence-corrected chi connectivity index (χ1v) is 9.71. The van der Waals surface area contributed by atoms with E-state index >= 15 is 0 Å². The molecule has 0 saturated heterocycles. The van der Waals surface area contributed by atoms with E-state index in [0.29, 0.717) is 25.7 Å². The van der Waals surface area contributed by atoms with Crippen molar-refractivity contribution in [3.8, 4) is 5.75 Å². The number of non-ortho nitro benzene ring substituents is 1. The lowest BCUT2D eigenvalue weighted by Gasteiger charge is -2.28. The lowest BCUT2D eigenvalue weighted by molar-refractivity contribution is -0.384. The fraction of sp³-hybridized carbons (Fsp3) is 0.227. The number of nitrogens with zero attached hydrogens (tertiary/aromatic N) is 2. The quantitative estimate of drug-likeness (QED) is 0.158. The van der Waals surface area contributed by atoms with Gasteiger partial charge in [-0.15, -0.1) is 24.0 Å². The summed E-state index contributed by atoms with van der Waals surface area (Å²) in [7, 11) is 0. The van der Waals surface area contributed by atoms with E-state index in [0.717, 1.165) is 29.1 Å². The van der Waals surface area contributed by atoms with Crippen LogP contribution in [0.25, 0.3) is 0 Å². The zero-order valence-electron chi connectivity index (χ0n) is 16.7. The maximum Gasteiger partial charge on any atom is 0.269 e. The van der Waals surface area contributed by atoms with Crippen LogP contribution in [0.1, 0.15) is 29.3 Å². The van der Waals surface area contributed by atoms with E-state index in [1.165, 1.54) is 12.1 Å². The highest BCUT2D eigenvalue weighted by atomic mass is 127. The van der Waals surface area contributed by atoms with Gasteiger partial charge in [-0.05, 0) is 23.8 Å². The van der Waals surface area contributed by atoms with Gasteiger partial charge < -0.3 is 19.8 Å². The van der Waals surface area contributed by atoms with Gasteiger partial charge in [-0.2, -0.15) is 0 Å². The van der Waals surface area contributed by atoms with Crippen molar-refractivity contribution >= 4 is 35.6 Å². The number of nitrogens with one attached hydrogen (secondary N) is 2. The Labute approximate surface area is 196 Å². The highest BCUT2D eigenvalue weighted by molar-refractivity contribution is 14.0. The van der Waals surface area contributed by atoms with Gasteiger partial charge in [0.05, 0.1) is 36.9 Å². The molecule has 1 aromatic heterocycles. The fourth-order valence-corrected chi connectivity index (χ4v) is 3.29. The molecule has 2 aromatic carbocycles. The Morgan fingerprint density at radius 2 is 1.94 bits per heavy atom. The van der Waals surface area contributed by atoms with E-state index in [-0.39, 0.29) is 35.7 Å². The Balaban J connectivity index is 0.00000272. The van der Waals surface area contributed by atoms with Crippen molar-refractivity contribution in [2.24, 2.45) is 4.99 Å².